The molecule has 3 aliphatic rings. The number of benzene rings is 2. The number of anilines is 1. The first kappa shape index (κ1) is 24.7. The molecule has 3 saturated heterocycles. The highest BCUT2D eigenvalue weighted by Crippen LogP contribution is 2.27. The number of fused-ring (bicyclic) bond motifs is 3. The van der Waals surface area contributed by atoms with Crippen molar-refractivity contribution < 1.29 is 14.3 Å². The van der Waals surface area contributed by atoms with Crippen LogP contribution in [0.5, 0.6) is 0 Å². The van der Waals surface area contributed by atoms with Crippen molar-refractivity contribution >= 4 is 17.7 Å². The average Bonchev–Trinajstić information content (AvgIpc) is 2.91. The van der Waals surface area contributed by atoms with E-state index in [1.54, 1.807) is 43.3 Å². The highest BCUT2D eigenvalue weighted by atomic mass is 16.5. The molecule has 4 heterocycles. The number of amides is 2. The third kappa shape index (κ3) is 5.89. The first-order valence-electron chi connectivity index (χ1n) is 12.7. The monoisotopic (exact) mass is 501 g/mol. The van der Waals surface area contributed by atoms with Crippen LogP contribution in [0.25, 0.3) is 11.3 Å². The summed E-state index contributed by atoms with van der Waals surface area (Å²) in [5.41, 5.74) is 3.20. The van der Waals surface area contributed by atoms with Gasteiger partial charge >= 0.3 is 6.09 Å². The summed E-state index contributed by atoms with van der Waals surface area (Å²) >= 11 is 0. The number of carbonyl (C=O) groups is 2. The Kier molecular flexibility index (Phi) is 7.32. The molecule has 2 bridgehead atoms. The van der Waals surface area contributed by atoms with E-state index in [4.69, 9.17) is 4.74 Å². The third-order valence-electron chi connectivity index (χ3n) is 7.06. The molecule has 9 heteroatoms. The second kappa shape index (κ2) is 11.0. The van der Waals surface area contributed by atoms with Crippen LogP contribution in [0.2, 0.25) is 0 Å². The molecule has 2 aromatic carbocycles. The van der Waals surface area contributed by atoms with Crippen molar-refractivity contribution in [3.8, 4) is 11.3 Å². The Morgan fingerprint density at radius 3 is 2.54 bits per heavy atom. The lowest BCUT2D eigenvalue weighted by Gasteiger charge is -2.44. The molecule has 0 radical (unpaired) electrons. The number of hydrogen-bond acceptors (Lipinski definition) is 6. The molecule has 3 aromatic rings. The van der Waals surface area contributed by atoms with Gasteiger partial charge in [0.05, 0.1) is 18.8 Å². The van der Waals surface area contributed by atoms with Gasteiger partial charge in [0.25, 0.3) is 11.5 Å². The van der Waals surface area contributed by atoms with Gasteiger partial charge in [-0.25, -0.2) is 9.48 Å². The quantitative estimate of drug-likeness (QED) is 0.514. The summed E-state index contributed by atoms with van der Waals surface area (Å²) in [6, 6.07) is 17.9. The lowest BCUT2D eigenvalue weighted by atomic mass is 9.84. The van der Waals surface area contributed by atoms with Gasteiger partial charge in [-0.2, -0.15) is 5.10 Å². The van der Waals surface area contributed by atoms with Crippen LogP contribution in [0.4, 0.5) is 10.5 Å². The molecular formula is C28H31N5O4. The highest BCUT2D eigenvalue weighted by molar-refractivity contribution is 5.94. The van der Waals surface area contributed by atoms with E-state index in [0.29, 0.717) is 22.9 Å². The van der Waals surface area contributed by atoms with Crippen molar-refractivity contribution in [1.29, 1.82) is 0 Å². The summed E-state index contributed by atoms with van der Waals surface area (Å²) < 4.78 is 6.30. The van der Waals surface area contributed by atoms with Crippen molar-refractivity contribution in [2.24, 2.45) is 5.92 Å². The molecule has 1 atom stereocenters. The molecule has 3 fully saturated rings. The van der Waals surface area contributed by atoms with Gasteiger partial charge in [0.15, 0.2) is 0 Å². The second-order valence-corrected chi connectivity index (χ2v) is 9.56. The topological polar surface area (TPSA) is 106 Å². The van der Waals surface area contributed by atoms with E-state index in [-0.39, 0.29) is 30.7 Å². The van der Waals surface area contributed by atoms with E-state index in [2.05, 4.69) is 20.6 Å². The summed E-state index contributed by atoms with van der Waals surface area (Å²) in [6.45, 7) is 5.46. The van der Waals surface area contributed by atoms with Gasteiger partial charge in [-0.05, 0) is 74.7 Å². The molecule has 6 rings (SSSR count). The van der Waals surface area contributed by atoms with Crippen LogP contribution in [0.1, 0.15) is 35.7 Å². The molecule has 9 nitrogen and oxygen atoms in total. The number of nitrogens with one attached hydrogen (secondary N) is 2. The molecule has 0 spiro atoms. The number of hydrogen-bond donors (Lipinski definition) is 2. The van der Waals surface area contributed by atoms with Crippen molar-refractivity contribution in [2.75, 3.05) is 31.6 Å². The summed E-state index contributed by atoms with van der Waals surface area (Å²) in [6.07, 6.45) is 1.77. The summed E-state index contributed by atoms with van der Waals surface area (Å²) in [5.74, 6) is 0.514. The number of aromatic nitrogens is 2. The van der Waals surface area contributed by atoms with E-state index >= 15 is 0 Å². The van der Waals surface area contributed by atoms with Crippen LogP contribution in [-0.2, 0) is 11.3 Å². The highest BCUT2D eigenvalue weighted by Gasteiger charge is 2.34. The maximum absolute atomic E-state index is 12.8. The molecule has 2 amide bonds. The molecule has 1 unspecified atom stereocenters. The number of nitrogens with zero attached hydrogens (tertiary/aromatic N) is 3. The summed E-state index contributed by atoms with van der Waals surface area (Å²) in [4.78, 5) is 39.5. The Morgan fingerprint density at radius 1 is 1.05 bits per heavy atom. The van der Waals surface area contributed by atoms with Crippen LogP contribution in [0.15, 0.2) is 65.5 Å². The van der Waals surface area contributed by atoms with Crippen LogP contribution in [0, 0.1) is 5.92 Å². The minimum absolute atomic E-state index is 0.0560. The van der Waals surface area contributed by atoms with Gasteiger partial charge in [-0.15, -0.1) is 0 Å². The summed E-state index contributed by atoms with van der Waals surface area (Å²) in [7, 11) is 0. The maximum Gasteiger partial charge on any atom is 0.411 e. The lowest BCUT2D eigenvalue weighted by molar-refractivity contribution is 0.0620. The third-order valence-corrected chi connectivity index (χ3v) is 7.06. The van der Waals surface area contributed by atoms with Crippen molar-refractivity contribution in [2.45, 2.75) is 32.4 Å². The molecule has 0 aliphatic carbocycles. The average molecular weight is 502 g/mol. The largest absolute Gasteiger partial charge is 0.450 e. The fourth-order valence-corrected chi connectivity index (χ4v) is 5.09. The van der Waals surface area contributed by atoms with E-state index in [1.807, 2.05) is 18.2 Å². The van der Waals surface area contributed by atoms with Gasteiger partial charge in [-0.1, -0.05) is 24.3 Å². The molecule has 1 aromatic heterocycles. The molecule has 37 heavy (non-hydrogen) atoms. The van der Waals surface area contributed by atoms with Crippen molar-refractivity contribution in [1.82, 2.24) is 20.0 Å². The lowest BCUT2D eigenvalue weighted by Crippen LogP contribution is -2.57. The summed E-state index contributed by atoms with van der Waals surface area (Å²) in [5, 5.41) is 10.4. The minimum Gasteiger partial charge on any atom is -0.450 e. The van der Waals surface area contributed by atoms with Crippen molar-refractivity contribution in [3.05, 3.63) is 82.1 Å². The predicted octanol–water partition coefficient (Wildman–Crippen LogP) is 3.35. The van der Waals surface area contributed by atoms with Crippen LogP contribution < -0.4 is 16.2 Å². The Bertz CT molecular complexity index is 1330. The van der Waals surface area contributed by atoms with Crippen LogP contribution >= 0.6 is 0 Å². The molecule has 2 N–H and O–H groups in total. The zero-order valence-electron chi connectivity index (χ0n) is 20.9. The number of ether oxygens (including phenoxy) is 1. The van der Waals surface area contributed by atoms with Gasteiger partial charge in [0, 0.05) is 35.5 Å². The fourth-order valence-electron chi connectivity index (χ4n) is 5.09. The zero-order valence-corrected chi connectivity index (χ0v) is 20.9. The minimum atomic E-state index is -0.530. The normalized spacial score (nSPS) is 20.3. The smallest absolute Gasteiger partial charge is 0.411 e. The van der Waals surface area contributed by atoms with Crippen LogP contribution in [0.3, 0.4) is 0 Å². The Balaban J connectivity index is 1.27. The number of carbonyl (C=O) groups excluding carboxylic acids is 2. The fraction of sp³-hybridized carbons (Fsp3) is 0.357. The number of piperidine rings is 3. The number of rotatable bonds is 7. The zero-order chi connectivity index (χ0) is 25.8. The van der Waals surface area contributed by atoms with Gasteiger partial charge < -0.3 is 15.0 Å². The maximum atomic E-state index is 12.8. The standard InChI is InChI=1S/C28H31N5O4/c1-2-37-28(36)29-23-5-3-4-19(16-23)17-33-26(34)11-10-24(31-33)20-6-8-22(9-7-20)27(35)30-25-18-32-14-12-21(25)13-15-32/h3-11,16,21,25H,2,12-15,17-18H2,1H3,(H,29,36)(H,30,35). The van der Waals surface area contributed by atoms with Crippen molar-refractivity contribution in [3.63, 3.8) is 0 Å². The molecular weight excluding hydrogens is 470 g/mol. The van der Waals surface area contributed by atoms with Gasteiger partial charge in [-0.3, -0.25) is 14.9 Å². The van der Waals surface area contributed by atoms with E-state index in [1.165, 1.54) is 10.7 Å². The first-order chi connectivity index (χ1) is 18.0. The van der Waals surface area contributed by atoms with Crippen LogP contribution in [-0.4, -0.2) is 59.0 Å². The predicted molar refractivity (Wildman–Crippen MR) is 141 cm³/mol. The molecule has 0 saturated carbocycles. The molecule has 192 valence electrons. The SMILES string of the molecule is CCOC(=O)Nc1cccc(Cn2nc(-c3ccc(C(=O)NC4CN5CCC4CC5)cc3)ccc2=O)c1. The van der Waals surface area contributed by atoms with Gasteiger partial charge in [0.1, 0.15) is 0 Å². The Hall–Kier alpha value is -3.98. The Labute approximate surface area is 215 Å². The molecule has 3 aliphatic heterocycles. The van der Waals surface area contributed by atoms with E-state index in [9.17, 15) is 14.4 Å². The Morgan fingerprint density at radius 2 is 1.84 bits per heavy atom. The van der Waals surface area contributed by atoms with E-state index in [0.717, 1.165) is 43.6 Å². The van der Waals surface area contributed by atoms with Gasteiger partial charge in [0.2, 0.25) is 0 Å². The first-order valence-corrected chi connectivity index (χ1v) is 12.7. The second-order valence-electron chi connectivity index (χ2n) is 9.56. The van der Waals surface area contributed by atoms with E-state index < -0.39 is 6.09 Å².